The van der Waals surface area contributed by atoms with Crippen molar-refractivity contribution in [1.82, 2.24) is 4.90 Å². The Morgan fingerprint density at radius 3 is 2.45 bits per heavy atom. The van der Waals surface area contributed by atoms with Gasteiger partial charge in [0.15, 0.2) is 0 Å². The zero-order valence-corrected chi connectivity index (χ0v) is 11.9. The van der Waals surface area contributed by atoms with Crippen LogP contribution in [-0.2, 0) is 0 Å². The van der Waals surface area contributed by atoms with Crippen LogP contribution in [0.5, 0.6) is 5.75 Å². The van der Waals surface area contributed by atoms with Crippen LogP contribution in [0.25, 0.3) is 0 Å². The lowest BCUT2D eigenvalue weighted by Crippen LogP contribution is -2.25. The fraction of sp³-hybridized carbons (Fsp3) is 0.533. The molecular formula is C15H23NO4. The molecule has 5 heteroatoms. The molecule has 0 spiro atoms. The number of hydrogen-bond donors (Lipinski definition) is 2. The van der Waals surface area contributed by atoms with Crippen molar-refractivity contribution in [3.8, 4) is 5.75 Å². The van der Waals surface area contributed by atoms with Crippen molar-refractivity contribution in [3.05, 3.63) is 29.8 Å². The number of hydrogen-bond acceptors (Lipinski definition) is 4. The van der Waals surface area contributed by atoms with Gasteiger partial charge in [-0.15, -0.1) is 0 Å². The molecule has 0 fully saturated rings. The standard InChI is InChI=1S/C15H23NO4/c1-16(9-3-2-4-11-17)10-12-20-14-7-5-13(6-8-14)15(18)19/h5-8,17H,2-4,9-12H2,1H3,(H,18,19). The largest absolute Gasteiger partial charge is 0.492 e. The molecular weight excluding hydrogens is 258 g/mol. The SMILES string of the molecule is CN(CCCCCO)CCOc1ccc(C(=O)O)cc1. The first-order valence-electron chi connectivity index (χ1n) is 6.89. The van der Waals surface area contributed by atoms with Crippen molar-refractivity contribution in [1.29, 1.82) is 0 Å². The molecule has 0 bridgehead atoms. The van der Waals surface area contributed by atoms with Gasteiger partial charge in [-0.1, -0.05) is 0 Å². The highest BCUT2D eigenvalue weighted by Gasteiger charge is 2.03. The number of aromatic carboxylic acids is 1. The summed E-state index contributed by atoms with van der Waals surface area (Å²) in [4.78, 5) is 12.9. The molecule has 5 nitrogen and oxygen atoms in total. The molecule has 0 saturated heterocycles. The van der Waals surface area contributed by atoms with Gasteiger partial charge < -0.3 is 19.8 Å². The number of aliphatic hydroxyl groups is 1. The van der Waals surface area contributed by atoms with E-state index in [1.165, 1.54) is 12.1 Å². The number of benzene rings is 1. The normalized spacial score (nSPS) is 10.8. The monoisotopic (exact) mass is 281 g/mol. The second kappa shape index (κ2) is 9.34. The lowest BCUT2D eigenvalue weighted by atomic mass is 10.2. The highest BCUT2D eigenvalue weighted by atomic mass is 16.5. The summed E-state index contributed by atoms with van der Waals surface area (Å²) in [5.74, 6) is -0.247. The molecule has 0 amide bonds. The third-order valence-corrected chi connectivity index (χ3v) is 3.04. The quantitative estimate of drug-likeness (QED) is 0.641. The van der Waals surface area contributed by atoms with Crippen LogP contribution in [0.1, 0.15) is 29.6 Å². The smallest absolute Gasteiger partial charge is 0.335 e. The minimum absolute atomic E-state index is 0.262. The Balaban J connectivity index is 2.18. The minimum Gasteiger partial charge on any atom is -0.492 e. The first kappa shape index (κ1) is 16.5. The van der Waals surface area contributed by atoms with Crippen molar-refractivity contribution in [2.45, 2.75) is 19.3 Å². The van der Waals surface area contributed by atoms with E-state index in [4.69, 9.17) is 14.9 Å². The maximum Gasteiger partial charge on any atom is 0.335 e. The molecule has 0 aliphatic heterocycles. The van der Waals surface area contributed by atoms with E-state index in [1.54, 1.807) is 12.1 Å². The van der Waals surface area contributed by atoms with Gasteiger partial charge in [0.05, 0.1) is 5.56 Å². The van der Waals surface area contributed by atoms with Crippen molar-refractivity contribution in [2.75, 3.05) is 33.4 Å². The number of carboxylic acids is 1. The van der Waals surface area contributed by atoms with Crippen LogP contribution in [0.4, 0.5) is 0 Å². The van der Waals surface area contributed by atoms with Crippen LogP contribution < -0.4 is 4.74 Å². The molecule has 0 unspecified atom stereocenters. The first-order chi connectivity index (χ1) is 9.63. The van der Waals surface area contributed by atoms with Crippen LogP contribution in [0.15, 0.2) is 24.3 Å². The Morgan fingerprint density at radius 2 is 1.85 bits per heavy atom. The molecule has 0 saturated carbocycles. The second-order valence-corrected chi connectivity index (χ2v) is 4.77. The van der Waals surface area contributed by atoms with Crippen molar-refractivity contribution in [2.24, 2.45) is 0 Å². The van der Waals surface area contributed by atoms with Gasteiger partial charge in [0.25, 0.3) is 0 Å². The first-order valence-corrected chi connectivity index (χ1v) is 6.89. The van der Waals surface area contributed by atoms with Crippen LogP contribution in [0.3, 0.4) is 0 Å². The Kier molecular flexibility index (Phi) is 7.69. The molecule has 1 rings (SSSR count). The maximum absolute atomic E-state index is 10.7. The highest BCUT2D eigenvalue weighted by Crippen LogP contribution is 2.12. The summed E-state index contributed by atoms with van der Waals surface area (Å²) in [6, 6.07) is 6.42. The van der Waals surface area contributed by atoms with E-state index in [2.05, 4.69) is 4.90 Å². The van der Waals surface area contributed by atoms with Gasteiger partial charge in [-0.2, -0.15) is 0 Å². The Bertz CT molecular complexity index is 391. The van der Waals surface area contributed by atoms with Gasteiger partial charge in [0.2, 0.25) is 0 Å². The summed E-state index contributed by atoms with van der Waals surface area (Å²) in [6.45, 7) is 2.64. The van der Waals surface area contributed by atoms with E-state index >= 15 is 0 Å². The van der Waals surface area contributed by atoms with Gasteiger partial charge in [-0.05, 0) is 57.1 Å². The topological polar surface area (TPSA) is 70.0 Å². The summed E-state index contributed by atoms with van der Waals surface area (Å²) < 4.78 is 5.56. The lowest BCUT2D eigenvalue weighted by molar-refractivity contribution is 0.0697. The van der Waals surface area contributed by atoms with Crippen LogP contribution >= 0.6 is 0 Å². The van der Waals surface area contributed by atoms with Crippen LogP contribution in [0, 0.1) is 0 Å². The number of unbranched alkanes of at least 4 members (excludes halogenated alkanes) is 2. The summed E-state index contributed by atoms with van der Waals surface area (Å²) in [6.07, 6.45) is 2.98. The number of carbonyl (C=O) groups is 1. The van der Waals surface area contributed by atoms with Crippen LogP contribution in [0.2, 0.25) is 0 Å². The third-order valence-electron chi connectivity index (χ3n) is 3.04. The number of rotatable bonds is 10. The molecule has 2 N–H and O–H groups in total. The Labute approximate surface area is 119 Å². The fourth-order valence-corrected chi connectivity index (χ4v) is 1.80. The Hall–Kier alpha value is -1.59. The molecule has 0 aromatic heterocycles. The lowest BCUT2D eigenvalue weighted by Gasteiger charge is -2.16. The number of likely N-dealkylation sites (N-methyl/N-ethyl adjacent to an activating group) is 1. The van der Waals surface area contributed by atoms with E-state index in [0.717, 1.165) is 32.4 Å². The zero-order valence-electron chi connectivity index (χ0n) is 11.9. The molecule has 112 valence electrons. The van der Waals surface area contributed by atoms with E-state index < -0.39 is 5.97 Å². The molecule has 0 heterocycles. The van der Waals surface area contributed by atoms with Gasteiger partial charge in [0.1, 0.15) is 12.4 Å². The van der Waals surface area contributed by atoms with E-state index in [9.17, 15) is 4.79 Å². The predicted octanol–water partition coefficient (Wildman–Crippen LogP) is 1.86. The van der Waals surface area contributed by atoms with Gasteiger partial charge in [-0.25, -0.2) is 4.79 Å². The molecule has 1 aromatic rings. The number of ether oxygens (including phenoxy) is 1. The van der Waals surface area contributed by atoms with Crippen molar-refractivity contribution in [3.63, 3.8) is 0 Å². The molecule has 0 atom stereocenters. The highest BCUT2D eigenvalue weighted by molar-refractivity contribution is 5.87. The number of nitrogens with zero attached hydrogens (tertiary/aromatic N) is 1. The zero-order chi connectivity index (χ0) is 14.8. The summed E-state index contributed by atoms with van der Waals surface area (Å²) in [7, 11) is 2.04. The average molecular weight is 281 g/mol. The van der Waals surface area contributed by atoms with Gasteiger partial charge in [0, 0.05) is 13.2 Å². The molecule has 1 aromatic carbocycles. The van der Waals surface area contributed by atoms with E-state index in [0.29, 0.717) is 12.4 Å². The molecule has 20 heavy (non-hydrogen) atoms. The molecule has 0 radical (unpaired) electrons. The number of aliphatic hydroxyl groups excluding tert-OH is 1. The minimum atomic E-state index is -0.931. The van der Waals surface area contributed by atoms with Crippen LogP contribution in [-0.4, -0.2) is 54.4 Å². The van der Waals surface area contributed by atoms with Crippen molar-refractivity contribution >= 4 is 5.97 Å². The van der Waals surface area contributed by atoms with Gasteiger partial charge >= 0.3 is 5.97 Å². The van der Waals surface area contributed by atoms with E-state index in [1.807, 2.05) is 7.05 Å². The summed E-state index contributed by atoms with van der Waals surface area (Å²) >= 11 is 0. The fourth-order valence-electron chi connectivity index (χ4n) is 1.80. The third kappa shape index (κ3) is 6.54. The second-order valence-electron chi connectivity index (χ2n) is 4.77. The summed E-state index contributed by atoms with van der Waals surface area (Å²) in [5.41, 5.74) is 0.262. The maximum atomic E-state index is 10.7. The number of carboxylic acid groups (broad SMARTS) is 1. The summed E-state index contributed by atoms with van der Waals surface area (Å²) in [5, 5.41) is 17.5. The van der Waals surface area contributed by atoms with Gasteiger partial charge in [-0.3, -0.25) is 0 Å². The molecule has 0 aliphatic carbocycles. The predicted molar refractivity (Wildman–Crippen MR) is 77.3 cm³/mol. The molecule has 0 aliphatic rings. The average Bonchev–Trinajstić information content (AvgIpc) is 2.44. The van der Waals surface area contributed by atoms with E-state index in [-0.39, 0.29) is 12.2 Å². The Morgan fingerprint density at radius 1 is 1.15 bits per heavy atom. The van der Waals surface area contributed by atoms with Crippen molar-refractivity contribution < 1.29 is 19.7 Å².